The van der Waals surface area contributed by atoms with Gasteiger partial charge in [-0.25, -0.2) is 4.79 Å². The number of hydrogen-bond acceptors (Lipinski definition) is 5. The quantitative estimate of drug-likeness (QED) is 0.631. The zero-order valence-corrected chi connectivity index (χ0v) is 16.3. The molecular weight excluding hydrogens is 386 g/mol. The van der Waals surface area contributed by atoms with Crippen molar-refractivity contribution in [2.45, 2.75) is 25.7 Å². The van der Waals surface area contributed by atoms with E-state index in [1.54, 1.807) is 42.5 Å². The zero-order valence-electron chi connectivity index (χ0n) is 16.3. The van der Waals surface area contributed by atoms with E-state index in [0.29, 0.717) is 17.0 Å². The first-order valence-corrected chi connectivity index (χ1v) is 9.81. The van der Waals surface area contributed by atoms with Crippen molar-refractivity contribution in [2.24, 2.45) is 0 Å². The molecule has 0 aliphatic heterocycles. The third kappa shape index (κ3) is 4.05. The number of benzene rings is 2. The fourth-order valence-corrected chi connectivity index (χ4v) is 3.81. The van der Waals surface area contributed by atoms with Crippen molar-refractivity contribution in [3.8, 4) is 5.75 Å². The highest BCUT2D eigenvalue weighted by Crippen LogP contribution is 2.29. The minimum absolute atomic E-state index is 0.317. The van der Waals surface area contributed by atoms with Crippen molar-refractivity contribution in [1.29, 1.82) is 0 Å². The van der Waals surface area contributed by atoms with E-state index in [1.165, 1.54) is 0 Å². The van der Waals surface area contributed by atoms with E-state index in [1.807, 2.05) is 6.07 Å². The number of carboxylic acid groups (broad SMARTS) is 1. The molecule has 0 bridgehead atoms. The van der Waals surface area contributed by atoms with Crippen LogP contribution < -0.4 is 15.3 Å². The van der Waals surface area contributed by atoms with Gasteiger partial charge in [-0.05, 0) is 55.5 Å². The van der Waals surface area contributed by atoms with E-state index in [9.17, 15) is 14.4 Å². The number of ether oxygens (including phenoxy) is 1. The van der Waals surface area contributed by atoms with Gasteiger partial charge in [0.15, 0.2) is 6.61 Å². The first kappa shape index (κ1) is 19.7. The van der Waals surface area contributed by atoms with Crippen LogP contribution in [0.5, 0.6) is 5.75 Å². The maximum atomic E-state index is 12.6. The number of amides is 1. The molecule has 0 fully saturated rings. The van der Waals surface area contributed by atoms with Crippen molar-refractivity contribution in [1.82, 2.24) is 0 Å². The molecule has 4 rings (SSSR count). The Hall–Kier alpha value is -3.61. The molecule has 2 aromatic carbocycles. The number of rotatable bonds is 6. The highest BCUT2D eigenvalue weighted by molar-refractivity contribution is 5.98. The predicted molar refractivity (Wildman–Crippen MR) is 111 cm³/mol. The van der Waals surface area contributed by atoms with E-state index in [2.05, 4.69) is 0 Å². The average molecular weight is 407 g/mol. The van der Waals surface area contributed by atoms with Crippen LogP contribution in [-0.4, -0.2) is 30.1 Å². The summed E-state index contributed by atoms with van der Waals surface area (Å²) in [7, 11) is 0. The number of aliphatic carboxylic acids is 1. The Morgan fingerprint density at radius 1 is 1.03 bits per heavy atom. The second kappa shape index (κ2) is 8.41. The van der Waals surface area contributed by atoms with Crippen LogP contribution in [0.3, 0.4) is 0 Å². The molecule has 1 aromatic heterocycles. The third-order valence-corrected chi connectivity index (χ3v) is 5.22. The summed E-state index contributed by atoms with van der Waals surface area (Å²) in [5, 5.41) is 10.0. The molecule has 0 saturated carbocycles. The van der Waals surface area contributed by atoms with Crippen molar-refractivity contribution in [3.63, 3.8) is 0 Å². The largest absolute Gasteiger partial charge is 0.484 e. The van der Waals surface area contributed by atoms with Gasteiger partial charge < -0.3 is 14.3 Å². The predicted octanol–water partition coefficient (Wildman–Crippen LogP) is 3.17. The molecule has 0 spiro atoms. The summed E-state index contributed by atoms with van der Waals surface area (Å²) in [5.41, 5.74) is 2.37. The fourth-order valence-electron chi connectivity index (χ4n) is 3.81. The van der Waals surface area contributed by atoms with Crippen LogP contribution in [0.2, 0.25) is 0 Å². The molecule has 0 saturated heterocycles. The average Bonchev–Trinajstić information content (AvgIpc) is 2.76. The van der Waals surface area contributed by atoms with E-state index >= 15 is 0 Å². The van der Waals surface area contributed by atoms with E-state index < -0.39 is 18.4 Å². The second-order valence-corrected chi connectivity index (χ2v) is 7.21. The van der Waals surface area contributed by atoms with Crippen LogP contribution in [0, 0.1) is 0 Å². The van der Waals surface area contributed by atoms with Gasteiger partial charge in [0.25, 0.3) is 5.91 Å². The molecule has 0 unspecified atom stereocenters. The highest BCUT2D eigenvalue weighted by Gasteiger charge is 2.21. The van der Waals surface area contributed by atoms with Gasteiger partial charge in [-0.1, -0.05) is 18.2 Å². The number of aryl methyl sites for hydroxylation is 1. The van der Waals surface area contributed by atoms with Crippen LogP contribution in [-0.2, 0) is 22.4 Å². The van der Waals surface area contributed by atoms with Crippen LogP contribution >= 0.6 is 0 Å². The Labute approximate surface area is 172 Å². The van der Waals surface area contributed by atoms with Crippen molar-refractivity contribution >= 4 is 28.5 Å². The molecule has 1 N–H and O–H groups in total. The van der Waals surface area contributed by atoms with Gasteiger partial charge in [-0.3, -0.25) is 14.5 Å². The maximum Gasteiger partial charge on any atom is 0.339 e. The van der Waals surface area contributed by atoms with Crippen molar-refractivity contribution in [3.05, 3.63) is 70.1 Å². The molecule has 0 radical (unpaired) electrons. The summed E-state index contributed by atoms with van der Waals surface area (Å²) in [6.45, 7) is -0.812. The number of carboxylic acids is 1. The highest BCUT2D eigenvalue weighted by atomic mass is 16.5. The summed E-state index contributed by atoms with van der Waals surface area (Å²) in [5.74, 6) is -1.24. The van der Waals surface area contributed by atoms with Gasteiger partial charge in [0.05, 0.1) is 0 Å². The Bertz CT molecular complexity index is 1150. The van der Waals surface area contributed by atoms with Crippen LogP contribution in [0.1, 0.15) is 24.0 Å². The van der Waals surface area contributed by atoms with E-state index in [-0.39, 0.29) is 12.2 Å². The second-order valence-electron chi connectivity index (χ2n) is 7.21. The Kier molecular flexibility index (Phi) is 5.52. The number of carbonyl (C=O) groups is 2. The minimum Gasteiger partial charge on any atom is -0.484 e. The molecule has 30 heavy (non-hydrogen) atoms. The monoisotopic (exact) mass is 407 g/mol. The number of carbonyl (C=O) groups excluding carboxylic acids is 1. The van der Waals surface area contributed by atoms with Crippen molar-refractivity contribution < 1.29 is 23.8 Å². The molecule has 3 aromatic rings. The lowest BCUT2D eigenvalue weighted by Gasteiger charge is -2.21. The molecule has 7 heteroatoms. The molecule has 1 amide bonds. The number of nitrogens with zero attached hydrogens (tertiary/aromatic N) is 1. The molecular formula is C23H21NO6. The number of para-hydroxylation sites is 1. The van der Waals surface area contributed by atoms with Crippen LogP contribution in [0.4, 0.5) is 5.69 Å². The van der Waals surface area contributed by atoms with Gasteiger partial charge >= 0.3 is 11.6 Å². The smallest absolute Gasteiger partial charge is 0.339 e. The summed E-state index contributed by atoms with van der Waals surface area (Å²) in [6, 6.07) is 13.7. The first-order valence-electron chi connectivity index (χ1n) is 9.81. The molecule has 7 nitrogen and oxygen atoms in total. The third-order valence-electron chi connectivity index (χ3n) is 5.22. The Balaban J connectivity index is 1.54. The van der Waals surface area contributed by atoms with Gasteiger partial charge in [-0.2, -0.15) is 0 Å². The van der Waals surface area contributed by atoms with Gasteiger partial charge in [0.1, 0.15) is 17.9 Å². The lowest BCUT2D eigenvalue weighted by molar-refractivity contribution is -0.136. The van der Waals surface area contributed by atoms with E-state index in [0.717, 1.165) is 47.1 Å². The van der Waals surface area contributed by atoms with E-state index in [4.69, 9.17) is 14.3 Å². The van der Waals surface area contributed by atoms with Gasteiger partial charge in [0, 0.05) is 22.7 Å². The van der Waals surface area contributed by atoms with Crippen LogP contribution in [0.15, 0.2) is 57.7 Å². The SMILES string of the molecule is O=C(O)CN(C(=O)COc1ccc2c3c(c(=O)oc2c1)CCCC3)c1ccccc1. The molecule has 0 atom stereocenters. The summed E-state index contributed by atoms with van der Waals surface area (Å²) >= 11 is 0. The maximum absolute atomic E-state index is 12.6. The molecule has 1 aliphatic rings. The van der Waals surface area contributed by atoms with Gasteiger partial charge in [-0.15, -0.1) is 0 Å². The summed E-state index contributed by atoms with van der Waals surface area (Å²) < 4.78 is 11.1. The number of hydrogen-bond donors (Lipinski definition) is 1. The molecule has 1 aliphatic carbocycles. The topological polar surface area (TPSA) is 97.0 Å². The Morgan fingerprint density at radius 2 is 1.77 bits per heavy atom. The van der Waals surface area contributed by atoms with Gasteiger partial charge in [0.2, 0.25) is 0 Å². The summed E-state index contributed by atoms with van der Waals surface area (Å²) in [6.07, 6.45) is 3.61. The normalized spacial score (nSPS) is 12.9. The fraction of sp³-hybridized carbons (Fsp3) is 0.261. The lowest BCUT2D eigenvalue weighted by Crippen LogP contribution is -2.38. The number of anilines is 1. The first-order chi connectivity index (χ1) is 14.5. The summed E-state index contributed by atoms with van der Waals surface area (Å²) in [4.78, 5) is 37.2. The standard InChI is InChI=1S/C23H21NO6/c25-21(24(13-22(26)27)15-6-2-1-3-7-15)14-29-16-10-11-18-17-8-4-5-9-19(17)23(28)30-20(18)12-16/h1-3,6-7,10-12H,4-5,8-9,13-14H2,(H,26,27). The van der Waals surface area contributed by atoms with Crippen molar-refractivity contribution in [2.75, 3.05) is 18.1 Å². The Morgan fingerprint density at radius 3 is 2.50 bits per heavy atom. The molecule has 154 valence electrons. The molecule has 1 heterocycles. The zero-order chi connectivity index (χ0) is 21.1. The lowest BCUT2D eigenvalue weighted by atomic mass is 9.91. The number of fused-ring (bicyclic) bond motifs is 3. The minimum atomic E-state index is -1.12. The van der Waals surface area contributed by atoms with Crippen LogP contribution in [0.25, 0.3) is 11.0 Å².